The first-order valence-corrected chi connectivity index (χ1v) is 13.8. The molecule has 0 aliphatic carbocycles. The van der Waals surface area contributed by atoms with E-state index in [1.807, 2.05) is 0 Å². The zero-order chi connectivity index (χ0) is 33.0. The summed E-state index contributed by atoms with van der Waals surface area (Å²) in [6.07, 6.45) is -2.32. The summed E-state index contributed by atoms with van der Waals surface area (Å²) in [5, 5.41) is 16.7. The number of nitrogens with zero attached hydrogens (tertiary/aromatic N) is 3. The van der Waals surface area contributed by atoms with Crippen LogP contribution in [0.4, 0.5) is 23.2 Å². The number of alkyl halides is 3. The number of hydrogen-bond donors (Lipinski definition) is 3. The van der Waals surface area contributed by atoms with E-state index in [0.717, 1.165) is 12.1 Å². The van der Waals surface area contributed by atoms with Crippen molar-refractivity contribution >= 4 is 39.9 Å². The Labute approximate surface area is 262 Å². The molecule has 0 aliphatic rings. The second-order valence-corrected chi connectivity index (χ2v) is 10.3. The van der Waals surface area contributed by atoms with Crippen molar-refractivity contribution < 1.29 is 46.5 Å². The van der Waals surface area contributed by atoms with Crippen molar-refractivity contribution in [1.29, 1.82) is 0 Å². The van der Waals surface area contributed by atoms with Gasteiger partial charge in [0, 0.05) is 51.8 Å². The van der Waals surface area contributed by atoms with E-state index in [-0.39, 0.29) is 46.8 Å². The van der Waals surface area contributed by atoms with Gasteiger partial charge < -0.3 is 29.6 Å². The minimum atomic E-state index is -5.13. The summed E-state index contributed by atoms with van der Waals surface area (Å²) in [7, 11) is 1.45. The number of H-pyrrole nitrogens is 1. The molecule has 5 rings (SSSR count). The van der Waals surface area contributed by atoms with Crippen LogP contribution in [0.5, 0.6) is 17.2 Å². The van der Waals surface area contributed by atoms with E-state index in [1.54, 1.807) is 24.3 Å². The second kappa shape index (κ2) is 13.4. The quantitative estimate of drug-likeness (QED) is 0.0712. The van der Waals surface area contributed by atoms with Gasteiger partial charge in [0.15, 0.2) is 11.6 Å². The van der Waals surface area contributed by atoms with Crippen LogP contribution < -0.4 is 19.5 Å². The van der Waals surface area contributed by atoms with Crippen LogP contribution in [-0.4, -0.2) is 56.7 Å². The Kier molecular flexibility index (Phi) is 9.32. The third-order valence-corrected chi connectivity index (χ3v) is 6.86. The van der Waals surface area contributed by atoms with Gasteiger partial charge in [-0.25, -0.2) is 14.1 Å². The number of hydrogen-bond acceptors (Lipinski definition) is 8. The van der Waals surface area contributed by atoms with E-state index in [0.29, 0.717) is 22.7 Å². The molecule has 46 heavy (non-hydrogen) atoms. The standard InChI is InChI=1S/C30H24ClF4N5O6/c1-44-20-11-18(10-19(12-20)40-15-36-14-37-40)38-28(21-5-4-17(31)9-25(21)45-6-2-3-27(41)42)29(43)24-8-16-7-22(32)26(13-23(16)39-24)46-30(33,34)35/h4-5,7-15,28,38-39H,2-3,6H2,1H3,(H,41,42). The molecule has 0 saturated carbocycles. The Hall–Kier alpha value is -5.31. The van der Waals surface area contributed by atoms with Gasteiger partial charge in [-0.2, -0.15) is 5.10 Å². The van der Waals surface area contributed by atoms with Crippen molar-refractivity contribution in [2.24, 2.45) is 0 Å². The van der Waals surface area contributed by atoms with Crippen molar-refractivity contribution in [1.82, 2.24) is 19.7 Å². The molecular formula is C30H24ClF4N5O6. The Morgan fingerprint density at radius 2 is 1.91 bits per heavy atom. The lowest BCUT2D eigenvalue weighted by atomic mass is 9.98. The normalized spacial score (nSPS) is 12.1. The van der Waals surface area contributed by atoms with Crippen LogP contribution in [0.2, 0.25) is 5.02 Å². The van der Waals surface area contributed by atoms with Crippen LogP contribution in [-0.2, 0) is 4.79 Å². The highest BCUT2D eigenvalue weighted by Crippen LogP contribution is 2.36. The van der Waals surface area contributed by atoms with Crippen LogP contribution >= 0.6 is 11.6 Å². The number of carbonyl (C=O) groups excluding carboxylic acids is 1. The zero-order valence-electron chi connectivity index (χ0n) is 23.8. The van der Waals surface area contributed by atoms with Crippen LogP contribution in [0.1, 0.15) is 34.9 Å². The highest BCUT2D eigenvalue weighted by Gasteiger charge is 2.33. The van der Waals surface area contributed by atoms with Gasteiger partial charge in [-0.05, 0) is 36.8 Å². The fourth-order valence-electron chi connectivity index (χ4n) is 4.61. The third-order valence-electron chi connectivity index (χ3n) is 6.63. The molecule has 0 saturated heterocycles. The fraction of sp³-hybridized carbons (Fsp3) is 0.200. The maximum atomic E-state index is 14.5. The molecule has 3 aromatic carbocycles. The monoisotopic (exact) mass is 661 g/mol. The van der Waals surface area contributed by atoms with Crippen LogP contribution in [0.15, 0.2) is 67.3 Å². The topological polar surface area (TPSA) is 141 Å². The van der Waals surface area contributed by atoms with Gasteiger partial charge in [0.1, 0.15) is 30.2 Å². The number of ketones is 1. The van der Waals surface area contributed by atoms with Gasteiger partial charge in [-0.1, -0.05) is 17.7 Å². The van der Waals surface area contributed by atoms with Crippen molar-refractivity contribution in [3.8, 4) is 22.9 Å². The number of aromatic amines is 1. The van der Waals surface area contributed by atoms with E-state index < -0.39 is 35.7 Å². The highest BCUT2D eigenvalue weighted by molar-refractivity contribution is 6.30. The number of carboxylic acids is 1. The van der Waals surface area contributed by atoms with E-state index >= 15 is 0 Å². The molecule has 240 valence electrons. The average molecular weight is 662 g/mol. The highest BCUT2D eigenvalue weighted by atomic mass is 35.5. The number of benzene rings is 3. The number of fused-ring (bicyclic) bond motifs is 1. The van der Waals surface area contributed by atoms with E-state index in [4.69, 9.17) is 26.2 Å². The van der Waals surface area contributed by atoms with E-state index in [1.165, 1.54) is 42.6 Å². The molecule has 0 spiro atoms. The summed E-state index contributed by atoms with van der Waals surface area (Å²) in [6.45, 7) is -0.0101. The number of ether oxygens (including phenoxy) is 3. The number of nitrogens with one attached hydrogen (secondary N) is 2. The average Bonchev–Trinajstić information content (AvgIpc) is 3.68. The zero-order valence-corrected chi connectivity index (χ0v) is 24.5. The Morgan fingerprint density at radius 1 is 1.11 bits per heavy atom. The molecule has 0 bridgehead atoms. The molecule has 2 aromatic heterocycles. The summed E-state index contributed by atoms with van der Waals surface area (Å²) in [5.74, 6) is -3.39. The lowest BCUT2D eigenvalue weighted by Gasteiger charge is -2.23. The predicted molar refractivity (Wildman–Crippen MR) is 157 cm³/mol. The number of methoxy groups -OCH3 is 1. The van der Waals surface area contributed by atoms with Crippen LogP contribution in [0.3, 0.4) is 0 Å². The summed E-state index contributed by atoms with van der Waals surface area (Å²) in [5.41, 5.74) is 1.14. The molecule has 11 nitrogen and oxygen atoms in total. The van der Waals surface area contributed by atoms with Gasteiger partial charge >= 0.3 is 12.3 Å². The number of carbonyl (C=O) groups is 2. The molecule has 1 unspecified atom stereocenters. The maximum Gasteiger partial charge on any atom is 0.573 e. The van der Waals surface area contributed by atoms with E-state index in [9.17, 15) is 27.2 Å². The molecular weight excluding hydrogens is 638 g/mol. The Morgan fingerprint density at radius 3 is 2.61 bits per heavy atom. The fourth-order valence-corrected chi connectivity index (χ4v) is 4.77. The summed E-state index contributed by atoms with van der Waals surface area (Å²) in [6, 6.07) is 11.2. The van der Waals surface area contributed by atoms with Crippen molar-refractivity contribution in [2.75, 3.05) is 19.0 Å². The van der Waals surface area contributed by atoms with Gasteiger partial charge in [-0.15, -0.1) is 13.2 Å². The lowest BCUT2D eigenvalue weighted by molar-refractivity contribution is -0.275. The van der Waals surface area contributed by atoms with Gasteiger partial charge in [0.25, 0.3) is 0 Å². The minimum absolute atomic E-state index is 0.0101. The van der Waals surface area contributed by atoms with Gasteiger partial charge in [0.05, 0.1) is 25.1 Å². The predicted octanol–water partition coefficient (Wildman–Crippen LogP) is 6.73. The SMILES string of the molecule is COc1cc(NC(C(=O)c2cc3cc(F)c(OC(F)(F)F)cc3[nH]2)c2ccc(Cl)cc2OCCCC(=O)O)cc(-n2cncn2)c1. The largest absolute Gasteiger partial charge is 0.573 e. The van der Waals surface area contributed by atoms with Gasteiger partial charge in [0.2, 0.25) is 5.78 Å². The number of halogens is 5. The van der Waals surface area contributed by atoms with Gasteiger partial charge in [-0.3, -0.25) is 9.59 Å². The molecule has 0 fully saturated rings. The second-order valence-electron chi connectivity index (χ2n) is 9.83. The molecule has 0 aliphatic heterocycles. The molecule has 16 heteroatoms. The number of aromatic nitrogens is 4. The molecule has 2 heterocycles. The number of rotatable bonds is 13. The Balaban J connectivity index is 1.58. The maximum absolute atomic E-state index is 14.5. The smallest absolute Gasteiger partial charge is 0.497 e. The first kappa shape index (κ1) is 32.1. The first-order chi connectivity index (χ1) is 21.9. The summed E-state index contributed by atoms with van der Waals surface area (Å²) in [4.78, 5) is 31.9. The van der Waals surface area contributed by atoms with E-state index in [2.05, 4.69) is 25.1 Å². The lowest BCUT2D eigenvalue weighted by Crippen LogP contribution is -2.23. The van der Waals surface area contributed by atoms with Crippen LogP contribution in [0, 0.1) is 5.82 Å². The minimum Gasteiger partial charge on any atom is -0.497 e. The third kappa shape index (κ3) is 7.66. The molecule has 0 radical (unpaired) electrons. The van der Waals surface area contributed by atoms with Crippen molar-refractivity contribution in [3.63, 3.8) is 0 Å². The number of carboxylic acid groups (broad SMARTS) is 1. The summed E-state index contributed by atoms with van der Waals surface area (Å²) >= 11 is 6.24. The first-order valence-electron chi connectivity index (χ1n) is 13.5. The van der Waals surface area contributed by atoms with Crippen molar-refractivity contribution in [3.05, 3.63) is 89.3 Å². The van der Waals surface area contributed by atoms with Crippen LogP contribution in [0.25, 0.3) is 16.6 Å². The summed E-state index contributed by atoms with van der Waals surface area (Å²) < 4.78 is 69.5. The molecule has 3 N–H and O–H groups in total. The Bertz CT molecular complexity index is 1880. The van der Waals surface area contributed by atoms with Crippen molar-refractivity contribution in [2.45, 2.75) is 25.2 Å². The number of Topliss-reactive ketones (excluding diaryl/α,β-unsaturated/α-hetero) is 1. The molecule has 0 amide bonds. The number of aliphatic carboxylic acids is 1. The molecule has 5 aromatic rings. The number of anilines is 1. The molecule has 1 atom stereocenters.